The summed E-state index contributed by atoms with van der Waals surface area (Å²) in [6.45, 7) is 5.56. The van der Waals surface area contributed by atoms with Gasteiger partial charge < -0.3 is 14.9 Å². The van der Waals surface area contributed by atoms with Gasteiger partial charge in [-0.1, -0.05) is 6.92 Å². The van der Waals surface area contributed by atoms with Crippen LogP contribution in [0.25, 0.3) is 0 Å². The topological polar surface area (TPSA) is 49.7 Å². The second-order valence-electron chi connectivity index (χ2n) is 4.49. The molecule has 3 heteroatoms. The van der Waals surface area contributed by atoms with E-state index in [1.54, 1.807) is 13.8 Å². The SMILES string of the molecule is CCC1(CO)CCC(C(C)(C)O)O1. The van der Waals surface area contributed by atoms with E-state index in [9.17, 15) is 10.2 Å². The van der Waals surface area contributed by atoms with E-state index in [0.29, 0.717) is 0 Å². The molecule has 0 aromatic carbocycles. The average molecular weight is 188 g/mol. The largest absolute Gasteiger partial charge is 0.393 e. The second kappa shape index (κ2) is 3.56. The molecule has 2 N–H and O–H groups in total. The summed E-state index contributed by atoms with van der Waals surface area (Å²) in [5.41, 5.74) is -1.20. The van der Waals surface area contributed by atoms with Crippen molar-refractivity contribution in [1.29, 1.82) is 0 Å². The Balaban J connectivity index is 2.62. The number of hydrogen-bond donors (Lipinski definition) is 2. The van der Waals surface area contributed by atoms with E-state index in [1.165, 1.54) is 0 Å². The minimum Gasteiger partial charge on any atom is -0.393 e. The third-order valence-corrected chi connectivity index (χ3v) is 2.97. The number of hydrogen-bond acceptors (Lipinski definition) is 3. The highest BCUT2D eigenvalue weighted by Gasteiger charge is 2.43. The summed E-state index contributed by atoms with van der Waals surface area (Å²) < 4.78 is 5.71. The van der Waals surface area contributed by atoms with E-state index in [1.807, 2.05) is 6.92 Å². The van der Waals surface area contributed by atoms with Gasteiger partial charge in [0.1, 0.15) is 0 Å². The third-order valence-electron chi connectivity index (χ3n) is 2.97. The summed E-state index contributed by atoms with van der Waals surface area (Å²) in [5, 5.41) is 18.9. The first-order chi connectivity index (χ1) is 5.93. The van der Waals surface area contributed by atoms with Crippen molar-refractivity contribution in [2.45, 2.75) is 57.3 Å². The van der Waals surface area contributed by atoms with Crippen LogP contribution in [0.5, 0.6) is 0 Å². The molecule has 0 aromatic rings. The Labute approximate surface area is 79.7 Å². The van der Waals surface area contributed by atoms with Crippen LogP contribution in [0, 0.1) is 0 Å². The fourth-order valence-corrected chi connectivity index (χ4v) is 1.80. The number of aliphatic hydroxyl groups excluding tert-OH is 1. The molecule has 78 valence electrons. The fraction of sp³-hybridized carbons (Fsp3) is 1.00. The molecule has 2 unspecified atom stereocenters. The summed E-state index contributed by atoms with van der Waals surface area (Å²) >= 11 is 0. The molecule has 0 bridgehead atoms. The van der Waals surface area contributed by atoms with Gasteiger partial charge in [0, 0.05) is 0 Å². The van der Waals surface area contributed by atoms with E-state index >= 15 is 0 Å². The molecule has 0 spiro atoms. The molecule has 0 amide bonds. The van der Waals surface area contributed by atoms with Gasteiger partial charge in [0.05, 0.1) is 23.9 Å². The highest BCUT2D eigenvalue weighted by Crippen LogP contribution is 2.36. The summed E-state index contributed by atoms with van der Waals surface area (Å²) in [5.74, 6) is 0. The third kappa shape index (κ3) is 2.22. The quantitative estimate of drug-likeness (QED) is 0.696. The minimum atomic E-state index is -0.800. The average Bonchev–Trinajstić information content (AvgIpc) is 2.48. The van der Waals surface area contributed by atoms with Crippen LogP contribution in [-0.4, -0.2) is 34.1 Å². The zero-order valence-electron chi connectivity index (χ0n) is 8.71. The minimum absolute atomic E-state index is 0.0517. The maximum atomic E-state index is 9.73. The van der Waals surface area contributed by atoms with Crippen LogP contribution in [0.4, 0.5) is 0 Å². The lowest BCUT2D eigenvalue weighted by molar-refractivity contribution is -0.137. The monoisotopic (exact) mass is 188 g/mol. The lowest BCUT2D eigenvalue weighted by Gasteiger charge is -2.30. The highest BCUT2D eigenvalue weighted by atomic mass is 16.5. The van der Waals surface area contributed by atoms with Crippen LogP contribution < -0.4 is 0 Å². The van der Waals surface area contributed by atoms with Crippen LogP contribution in [0.3, 0.4) is 0 Å². The number of rotatable bonds is 3. The van der Waals surface area contributed by atoms with E-state index in [0.717, 1.165) is 19.3 Å². The standard InChI is InChI=1S/C10H20O3/c1-4-10(7-11)6-5-8(13-10)9(2,3)12/h8,11-12H,4-7H2,1-3H3. The first-order valence-electron chi connectivity index (χ1n) is 4.94. The van der Waals surface area contributed by atoms with Gasteiger partial charge in [-0.25, -0.2) is 0 Å². The molecule has 3 nitrogen and oxygen atoms in total. The van der Waals surface area contributed by atoms with Crippen molar-refractivity contribution in [3.05, 3.63) is 0 Å². The van der Waals surface area contributed by atoms with E-state index in [-0.39, 0.29) is 12.7 Å². The molecule has 0 saturated carbocycles. The van der Waals surface area contributed by atoms with Gasteiger partial charge in [0.25, 0.3) is 0 Å². The first-order valence-corrected chi connectivity index (χ1v) is 4.94. The molecule has 13 heavy (non-hydrogen) atoms. The van der Waals surface area contributed by atoms with Crippen molar-refractivity contribution in [2.75, 3.05) is 6.61 Å². The molecule has 1 rings (SSSR count). The Morgan fingerprint density at radius 1 is 1.54 bits per heavy atom. The van der Waals surface area contributed by atoms with E-state index < -0.39 is 11.2 Å². The summed E-state index contributed by atoms with van der Waals surface area (Å²) in [4.78, 5) is 0. The molecule has 0 aliphatic carbocycles. The predicted octanol–water partition coefficient (Wildman–Crippen LogP) is 1.08. The van der Waals surface area contributed by atoms with Crippen LogP contribution >= 0.6 is 0 Å². The van der Waals surface area contributed by atoms with Crippen molar-refractivity contribution >= 4 is 0 Å². The van der Waals surface area contributed by atoms with Crippen LogP contribution in [0.2, 0.25) is 0 Å². The maximum absolute atomic E-state index is 9.73. The molecule has 1 heterocycles. The first kappa shape index (κ1) is 11.0. The Morgan fingerprint density at radius 3 is 2.38 bits per heavy atom. The Morgan fingerprint density at radius 2 is 2.15 bits per heavy atom. The fourth-order valence-electron chi connectivity index (χ4n) is 1.80. The second-order valence-corrected chi connectivity index (χ2v) is 4.49. The number of ether oxygens (including phenoxy) is 1. The molecule has 1 aliphatic heterocycles. The van der Waals surface area contributed by atoms with Crippen molar-refractivity contribution in [1.82, 2.24) is 0 Å². The summed E-state index contributed by atoms with van der Waals surface area (Å²) in [7, 11) is 0. The lowest BCUT2D eigenvalue weighted by Crippen LogP contribution is -2.40. The molecule has 2 atom stereocenters. The highest BCUT2D eigenvalue weighted by molar-refractivity contribution is 4.93. The molecule has 0 aromatic heterocycles. The van der Waals surface area contributed by atoms with Gasteiger partial charge in [-0.3, -0.25) is 0 Å². The maximum Gasteiger partial charge on any atom is 0.0915 e. The summed E-state index contributed by atoms with van der Waals surface area (Å²) in [6.07, 6.45) is 2.34. The van der Waals surface area contributed by atoms with Crippen molar-refractivity contribution in [3.63, 3.8) is 0 Å². The van der Waals surface area contributed by atoms with Crippen LogP contribution in [0.15, 0.2) is 0 Å². The van der Waals surface area contributed by atoms with Gasteiger partial charge >= 0.3 is 0 Å². The molecule has 1 aliphatic rings. The van der Waals surface area contributed by atoms with Gasteiger partial charge in [0.2, 0.25) is 0 Å². The Bertz CT molecular complexity index is 167. The van der Waals surface area contributed by atoms with Gasteiger partial charge in [-0.2, -0.15) is 0 Å². The molecular weight excluding hydrogens is 168 g/mol. The normalized spacial score (nSPS) is 35.3. The Hall–Kier alpha value is -0.120. The van der Waals surface area contributed by atoms with Crippen LogP contribution in [0.1, 0.15) is 40.0 Å². The van der Waals surface area contributed by atoms with E-state index in [2.05, 4.69) is 0 Å². The van der Waals surface area contributed by atoms with Crippen molar-refractivity contribution in [3.8, 4) is 0 Å². The van der Waals surface area contributed by atoms with Crippen LogP contribution in [-0.2, 0) is 4.74 Å². The van der Waals surface area contributed by atoms with Crippen molar-refractivity contribution < 1.29 is 14.9 Å². The lowest BCUT2D eigenvalue weighted by atomic mass is 9.95. The Kier molecular flexibility index (Phi) is 3.00. The van der Waals surface area contributed by atoms with E-state index in [4.69, 9.17) is 4.74 Å². The van der Waals surface area contributed by atoms with Gasteiger partial charge in [0.15, 0.2) is 0 Å². The zero-order chi connectivity index (χ0) is 10.1. The van der Waals surface area contributed by atoms with Crippen molar-refractivity contribution in [2.24, 2.45) is 0 Å². The smallest absolute Gasteiger partial charge is 0.0915 e. The van der Waals surface area contributed by atoms with Gasteiger partial charge in [-0.05, 0) is 33.1 Å². The van der Waals surface area contributed by atoms with Gasteiger partial charge in [-0.15, -0.1) is 0 Å². The molecule has 1 saturated heterocycles. The molecule has 1 fully saturated rings. The summed E-state index contributed by atoms with van der Waals surface area (Å²) in [6, 6.07) is 0. The molecular formula is C10H20O3. The molecule has 0 radical (unpaired) electrons. The predicted molar refractivity (Wildman–Crippen MR) is 50.5 cm³/mol. The zero-order valence-corrected chi connectivity index (χ0v) is 8.71. The number of aliphatic hydroxyl groups is 2.